The fourth-order valence-corrected chi connectivity index (χ4v) is 2.26. The Balaban J connectivity index is 1.86. The van der Waals surface area contributed by atoms with Crippen molar-refractivity contribution < 1.29 is 0 Å². The first-order valence-electron chi connectivity index (χ1n) is 6.92. The van der Waals surface area contributed by atoms with Gasteiger partial charge < -0.3 is 5.32 Å². The highest BCUT2D eigenvalue weighted by Gasteiger charge is 2.05. The molecule has 2 aromatic heterocycles. The van der Waals surface area contributed by atoms with E-state index in [9.17, 15) is 0 Å². The molecule has 4 nitrogen and oxygen atoms in total. The first-order chi connectivity index (χ1) is 9.86. The van der Waals surface area contributed by atoms with Gasteiger partial charge in [0.25, 0.3) is 0 Å². The molecule has 0 saturated heterocycles. The lowest BCUT2D eigenvalue weighted by atomic mass is 10.2. The van der Waals surface area contributed by atoms with Gasteiger partial charge in [-0.25, -0.2) is 9.67 Å². The van der Waals surface area contributed by atoms with Crippen molar-refractivity contribution in [2.24, 2.45) is 0 Å². The van der Waals surface area contributed by atoms with Crippen molar-refractivity contribution in [2.75, 3.05) is 6.54 Å². The van der Waals surface area contributed by atoms with Crippen molar-refractivity contribution in [1.82, 2.24) is 20.1 Å². The van der Waals surface area contributed by atoms with E-state index in [1.165, 1.54) is 11.1 Å². The fourth-order valence-electron chi connectivity index (χ4n) is 2.26. The summed E-state index contributed by atoms with van der Waals surface area (Å²) in [5.41, 5.74) is 3.36. The minimum absolute atomic E-state index is 0.754. The number of hydrogen-bond acceptors (Lipinski definition) is 3. The van der Waals surface area contributed by atoms with E-state index < -0.39 is 0 Å². The van der Waals surface area contributed by atoms with Crippen molar-refractivity contribution in [3.8, 4) is 0 Å². The van der Waals surface area contributed by atoms with Crippen molar-refractivity contribution in [2.45, 2.75) is 20.0 Å². The molecule has 0 radical (unpaired) electrons. The molecule has 4 heteroatoms. The van der Waals surface area contributed by atoms with Crippen LogP contribution in [-0.2, 0) is 13.1 Å². The molecular weight excluding hydrogens is 248 g/mol. The molecule has 0 aliphatic carbocycles. The monoisotopic (exact) mass is 266 g/mol. The molecule has 0 fully saturated rings. The van der Waals surface area contributed by atoms with Gasteiger partial charge in [0.15, 0.2) is 5.65 Å². The number of benzene rings is 1. The third-order valence-electron chi connectivity index (χ3n) is 3.29. The largest absolute Gasteiger partial charge is 0.313 e. The summed E-state index contributed by atoms with van der Waals surface area (Å²) in [4.78, 5) is 4.55. The Hall–Kier alpha value is -2.20. The summed E-state index contributed by atoms with van der Waals surface area (Å²) in [6.07, 6.45) is 3.81. The van der Waals surface area contributed by atoms with Gasteiger partial charge in [-0.1, -0.05) is 37.3 Å². The highest BCUT2D eigenvalue weighted by Crippen LogP contribution is 2.14. The average molecular weight is 266 g/mol. The molecule has 20 heavy (non-hydrogen) atoms. The Labute approximate surface area is 118 Å². The number of aromatic nitrogens is 3. The molecule has 0 aliphatic heterocycles. The minimum atomic E-state index is 0.754. The third kappa shape index (κ3) is 2.70. The molecule has 3 aromatic rings. The van der Waals surface area contributed by atoms with Gasteiger partial charge in [-0.2, -0.15) is 5.10 Å². The normalized spacial score (nSPS) is 11.1. The van der Waals surface area contributed by atoms with Crippen LogP contribution in [-0.4, -0.2) is 21.3 Å². The summed E-state index contributed by atoms with van der Waals surface area (Å²) in [6, 6.07) is 12.5. The maximum Gasteiger partial charge on any atom is 0.158 e. The van der Waals surface area contributed by atoms with Crippen molar-refractivity contribution >= 4 is 11.0 Å². The van der Waals surface area contributed by atoms with Gasteiger partial charge in [0.2, 0.25) is 0 Å². The summed E-state index contributed by atoms with van der Waals surface area (Å²) in [6.45, 7) is 4.67. The maximum absolute atomic E-state index is 4.55. The quantitative estimate of drug-likeness (QED) is 0.772. The standard InChI is InChI=1S/C16H18N4/c1-2-17-9-14-8-15-11-19-20(16(15)18-10-14)12-13-6-4-3-5-7-13/h3-8,10-11,17H,2,9,12H2,1H3. The lowest BCUT2D eigenvalue weighted by Gasteiger charge is -2.04. The molecule has 1 N–H and O–H groups in total. The van der Waals surface area contributed by atoms with E-state index in [1.54, 1.807) is 0 Å². The second-order valence-electron chi connectivity index (χ2n) is 4.82. The van der Waals surface area contributed by atoms with E-state index in [0.717, 1.165) is 30.7 Å². The van der Waals surface area contributed by atoms with Gasteiger partial charge in [0, 0.05) is 18.1 Å². The molecule has 0 amide bonds. The van der Waals surface area contributed by atoms with E-state index in [-0.39, 0.29) is 0 Å². The number of nitrogens with one attached hydrogen (secondary N) is 1. The molecule has 3 rings (SSSR count). The minimum Gasteiger partial charge on any atom is -0.313 e. The van der Waals surface area contributed by atoms with E-state index in [4.69, 9.17) is 0 Å². The predicted octanol–water partition coefficient (Wildman–Crippen LogP) is 2.59. The number of pyridine rings is 1. The van der Waals surface area contributed by atoms with Crippen LogP contribution in [0.2, 0.25) is 0 Å². The van der Waals surface area contributed by atoms with E-state index in [2.05, 4.69) is 40.5 Å². The van der Waals surface area contributed by atoms with Crippen molar-refractivity contribution in [3.63, 3.8) is 0 Å². The van der Waals surface area contributed by atoms with Crippen LogP contribution < -0.4 is 5.32 Å². The van der Waals surface area contributed by atoms with Crippen LogP contribution in [0, 0.1) is 0 Å². The second-order valence-corrected chi connectivity index (χ2v) is 4.82. The summed E-state index contributed by atoms with van der Waals surface area (Å²) in [5, 5.41) is 8.85. The van der Waals surface area contributed by atoms with Crippen molar-refractivity contribution in [3.05, 3.63) is 59.9 Å². The highest BCUT2D eigenvalue weighted by molar-refractivity contribution is 5.75. The number of nitrogens with zero attached hydrogens (tertiary/aromatic N) is 3. The van der Waals surface area contributed by atoms with Gasteiger partial charge in [-0.3, -0.25) is 0 Å². The Morgan fingerprint density at radius 3 is 2.75 bits per heavy atom. The van der Waals surface area contributed by atoms with Crippen LogP contribution in [0.5, 0.6) is 0 Å². The summed E-state index contributed by atoms with van der Waals surface area (Å²) in [7, 11) is 0. The highest BCUT2D eigenvalue weighted by atomic mass is 15.3. The summed E-state index contributed by atoms with van der Waals surface area (Å²) >= 11 is 0. The van der Waals surface area contributed by atoms with Gasteiger partial charge >= 0.3 is 0 Å². The zero-order chi connectivity index (χ0) is 13.8. The molecular formula is C16H18N4. The Kier molecular flexibility index (Phi) is 3.74. The molecule has 0 bridgehead atoms. The Bertz CT molecular complexity index is 688. The maximum atomic E-state index is 4.55. The second kappa shape index (κ2) is 5.84. The molecule has 0 atom stereocenters. The zero-order valence-corrected chi connectivity index (χ0v) is 11.6. The van der Waals surface area contributed by atoms with Crippen LogP contribution in [0.3, 0.4) is 0 Å². The van der Waals surface area contributed by atoms with Crippen LogP contribution in [0.25, 0.3) is 11.0 Å². The van der Waals surface area contributed by atoms with Crippen LogP contribution in [0.15, 0.2) is 48.8 Å². The lowest BCUT2D eigenvalue weighted by molar-refractivity contribution is 0.702. The molecule has 2 heterocycles. The SMILES string of the molecule is CCNCc1cnc2c(cnn2Cc2ccccc2)c1. The molecule has 1 aromatic carbocycles. The Morgan fingerprint density at radius 1 is 1.10 bits per heavy atom. The first-order valence-corrected chi connectivity index (χ1v) is 6.92. The first kappa shape index (κ1) is 12.8. The summed E-state index contributed by atoms with van der Waals surface area (Å²) < 4.78 is 1.95. The van der Waals surface area contributed by atoms with Gasteiger partial charge in [0.05, 0.1) is 12.7 Å². The topological polar surface area (TPSA) is 42.7 Å². The average Bonchev–Trinajstić information content (AvgIpc) is 2.89. The molecule has 0 spiro atoms. The number of fused-ring (bicyclic) bond motifs is 1. The molecule has 0 saturated carbocycles. The summed E-state index contributed by atoms with van der Waals surface area (Å²) in [5.74, 6) is 0. The number of hydrogen-bond donors (Lipinski definition) is 1. The number of rotatable bonds is 5. The Morgan fingerprint density at radius 2 is 1.95 bits per heavy atom. The van der Waals surface area contributed by atoms with Crippen molar-refractivity contribution in [1.29, 1.82) is 0 Å². The fraction of sp³-hybridized carbons (Fsp3) is 0.250. The lowest BCUT2D eigenvalue weighted by Crippen LogP contribution is -2.11. The predicted molar refractivity (Wildman–Crippen MR) is 80.5 cm³/mol. The van der Waals surface area contributed by atoms with Gasteiger partial charge in [-0.15, -0.1) is 0 Å². The molecule has 0 aliphatic rings. The smallest absolute Gasteiger partial charge is 0.158 e. The molecule has 0 unspecified atom stereocenters. The van der Waals surface area contributed by atoms with Gasteiger partial charge in [-0.05, 0) is 23.7 Å². The van der Waals surface area contributed by atoms with E-state index in [0.29, 0.717) is 0 Å². The van der Waals surface area contributed by atoms with E-state index >= 15 is 0 Å². The van der Waals surface area contributed by atoms with Gasteiger partial charge in [0.1, 0.15) is 0 Å². The zero-order valence-electron chi connectivity index (χ0n) is 11.6. The van der Waals surface area contributed by atoms with Crippen LogP contribution in [0.1, 0.15) is 18.1 Å². The van der Waals surface area contributed by atoms with Crippen LogP contribution >= 0.6 is 0 Å². The third-order valence-corrected chi connectivity index (χ3v) is 3.29. The molecule has 102 valence electrons. The van der Waals surface area contributed by atoms with E-state index in [1.807, 2.05) is 35.3 Å². The van der Waals surface area contributed by atoms with Crippen LogP contribution in [0.4, 0.5) is 0 Å².